The van der Waals surface area contributed by atoms with Gasteiger partial charge < -0.3 is 25.2 Å². The zero-order valence-corrected chi connectivity index (χ0v) is 13.4. The summed E-state index contributed by atoms with van der Waals surface area (Å²) < 4.78 is 23.7. The van der Waals surface area contributed by atoms with Crippen molar-refractivity contribution < 1.29 is 23.8 Å². The minimum atomic E-state index is -0.948. The highest BCUT2D eigenvalue weighted by Crippen LogP contribution is 2.29. The lowest BCUT2D eigenvalue weighted by Gasteiger charge is -2.15. The molecule has 0 fully saturated rings. The summed E-state index contributed by atoms with van der Waals surface area (Å²) in [4.78, 5) is 11.8. The third kappa shape index (κ3) is 4.36. The van der Waals surface area contributed by atoms with Crippen LogP contribution in [0.2, 0.25) is 0 Å². The summed E-state index contributed by atoms with van der Waals surface area (Å²) in [5, 5.41) is 15.0. The van der Waals surface area contributed by atoms with Crippen molar-refractivity contribution in [2.45, 2.75) is 6.10 Å². The fourth-order valence-corrected chi connectivity index (χ4v) is 2.10. The summed E-state index contributed by atoms with van der Waals surface area (Å²) in [6.45, 7) is -0.0459. The Labute approximate surface area is 139 Å². The van der Waals surface area contributed by atoms with Crippen LogP contribution in [-0.2, 0) is 0 Å². The molecule has 2 amide bonds. The van der Waals surface area contributed by atoms with E-state index in [1.54, 1.807) is 24.3 Å². The highest BCUT2D eigenvalue weighted by Gasteiger charge is 2.13. The Morgan fingerprint density at radius 3 is 2.54 bits per heavy atom. The maximum Gasteiger partial charge on any atom is 0.319 e. The normalized spacial score (nSPS) is 11.5. The molecule has 0 unspecified atom stereocenters. The second-order valence-corrected chi connectivity index (χ2v) is 4.95. The van der Waals surface area contributed by atoms with Gasteiger partial charge in [-0.05, 0) is 29.8 Å². The molecule has 0 bridgehead atoms. The first-order valence-corrected chi connectivity index (χ1v) is 7.24. The summed E-state index contributed by atoms with van der Waals surface area (Å²) >= 11 is 0. The number of benzene rings is 2. The van der Waals surface area contributed by atoms with Crippen LogP contribution >= 0.6 is 0 Å². The highest BCUT2D eigenvalue weighted by molar-refractivity contribution is 5.89. The maximum absolute atomic E-state index is 13.5. The van der Waals surface area contributed by atoms with Crippen LogP contribution in [0.15, 0.2) is 42.5 Å². The van der Waals surface area contributed by atoms with Crippen LogP contribution < -0.4 is 20.1 Å². The Balaban J connectivity index is 1.94. The predicted molar refractivity (Wildman–Crippen MR) is 87.9 cm³/mol. The van der Waals surface area contributed by atoms with E-state index in [1.165, 1.54) is 32.4 Å². The number of ether oxygens (including phenoxy) is 2. The molecule has 3 N–H and O–H groups in total. The first-order valence-electron chi connectivity index (χ1n) is 7.24. The van der Waals surface area contributed by atoms with E-state index in [-0.39, 0.29) is 12.2 Å². The first kappa shape index (κ1) is 17.6. The van der Waals surface area contributed by atoms with Gasteiger partial charge in [-0.15, -0.1) is 0 Å². The lowest BCUT2D eigenvalue weighted by molar-refractivity contribution is 0.174. The third-order valence-electron chi connectivity index (χ3n) is 3.37. The number of halogens is 1. The summed E-state index contributed by atoms with van der Waals surface area (Å²) in [6, 6.07) is 10.2. The molecule has 0 aliphatic rings. The number of methoxy groups -OCH3 is 2. The SMILES string of the molecule is COc1ccc([C@H](O)CNC(=O)Nc2ccccc2F)cc1OC. The number of amides is 2. The molecular weight excluding hydrogens is 315 g/mol. The largest absolute Gasteiger partial charge is 0.493 e. The Kier molecular flexibility index (Phi) is 5.97. The van der Waals surface area contributed by atoms with Gasteiger partial charge in [-0.3, -0.25) is 0 Å². The number of carbonyl (C=O) groups excluding carboxylic acids is 1. The van der Waals surface area contributed by atoms with E-state index >= 15 is 0 Å². The van der Waals surface area contributed by atoms with Crippen molar-refractivity contribution in [3.8, 4) is 11.5 Å². The van der Waals surface area contributed by atoms with Crippen molar-refractivity contribution >= 4 is 11.7 Å². The molecule has 0 aliphatic carbocycles. The number of hydrogen-bond donors (Lipinski definition) is 3. The third-order valence-corrected chi connectivity index (χ3v) is 3.37. The minimum Gasteiger partial charge on any atom is -0.493 e. The molecule has 0 aromatic heterocycles. The van der Waals surface area contributed by atoms with Crippen molar-refractivity contribution in [3.05, 3.63) is 53.8 Å². The lowest BCUT2D eigenvalue weighted by atomic mass is 10.1. The molecule has 0 saturated heterocycles. The standard InChI is InChI=1S/C17H19FN2O4/c1-23-15-8-7-11(9-16(15)24-2)14(21)10-19-17(22)20-13-6-4-3-5-12(13)18/h3-9,14,21H,10H2,1-2H3,(H2,19,20,22)/t14-/m1/s1. The molecule has 128 valence electrons. The monoisotopic (exact) mass is 334 g/mol. The van der Waals surface area contributed by atoms with Gasteiger partial charge in [-0.25, -0.2) is 9.18 Å². The van der Waals surface area contributed by atoms with E-state index in [0.717, 1.165) is 0 Å². The van der Waals surface area contributed by atoms with Crippen molar-refractivity contribution in [1.29, 1.82) is 0 Å². The molecule has 6 nitrogen and oxygen atoms in total. The van der Waals surface area contributed by atoms with Crippen LogP contribution in [0.25, 0.3) is 0 Å². The number of carbonyl (C=O) groups is 1. The number of nitrogens with one attached hydrogen (secondary N) is 2. The van der Waals surface area contributed by atoms with Gasteiger partial charge in [0.15, 0.2) is 11.5 Å². The van der Waals surface area contributed by atoms with E-state index in [9.17, 15) is 14.3 Å². The zero-order valence-electron chi connectivity index (χ0n) is 13.4. The fraction of sp³-hybridized carbons (Fsp3) is 0.235. The molecule has 24 heavy (non-hydrogen) atoms. The summed E-state index contributed by atoms with van der Waals surface area (Å²) in [5.74, 6) is 0.483. The Bertz CT molecular complexity index is 709. The number of aliphatic hydroxyl groups is 1. The van der Waals surface area contributed by atoms with Gasteiger partial charge in [0, 0.05) is 6.54 Å². The quantitative estimate of drug-likeness (QED) is 0.759. The van der Waals surface area contributed by atoms with Gasteiger partial charge in [-0.1, -0.05) is 18.2 Å². The van der Waals surface area contributed by atoms with Gasteiger partial charge in [0.1, 0.15) is 5.82 Å². The number of hydrogen-bond acceptors (Lipinski definition) is 4. The molecule has 0 saturated carbocycles. The second-order valence-electron chi connectivity index (χ2n) is 4.95. The number of para-hydroxylation sites is 1. The lowest BCUT2D eigenvalue weighted by Crippen LogP contribution is -2.32. The van der Waals surface area contributed by atoms with E-state index in [4.69, 9.17) is 9.47 Å². The van der Waals surface area contributed by atoms with E-state index in [2.05, 4.69) is 10.6 Å². The van der Waals surface area contributed by atoms with Crippen molar-refractivity contribution in [1.82, 2.24) is 5.32 Å². The average Bonchev–Trinajstić information content (AvgIpc) is 2.61. The van der Waals surface area contributed by atoms with Gasteiger partial charge in [0.2, 0.25) is 0 Å². The number of aliphatic hydroxyl groups excluding tert-OH is 1. The van der Waals surface area contributed by atoms with Crippen molar-refractivity contribution in [3.63, 3.8) is 0 Å². The van der Waals surface area contributed by atoms with Crippen LogP contribution in [0.4, 0.5) is 14.9 Å². The maximum atomic E-state index is 13.5. The van der Waals surface area contributed by atoms with E-state index in [0.29, 0.717) is 17.1 Å². The van der Waals surface area contributed by atoms with E-state index in [1.807, 2.05) is 0 Å². The summed E-state index contributed by atoms with van der Waals surface area (Å²) in [6.07, 6.45) is -0.948. The van der Waals surface area contributed by atoms with Crippen LogP contribution in [0.5, 0.6) is 11.5 Å². The molecule has 7 heteroatoms. The number of rotatable bonds is 6. The van der Waals surface area contributed by atoms with Gasteiger partial charge >= 0.3 is 6.03 Å². The Morgan fingerprint density at radius 2 is 1.88 bits per heavy atom. The summed E-state index contributed by atoms with van der Waals surface area (Å²) in [7, 11) is 3.01. The van der Waals surface area contributed by atoms with Crippen LogP contribution in [0, 0.1) is 5.82 Å². The molecular formula is C17H19FN2O4. The smallest absolute Gasteiger partial charge is 0.319 e. The van der Waals surface area contributed by atoms with Gasteiger partial charge in [0.25, 0.3) is 0 Å². The Hall–Kier alpha value is -2.80. The number of anilines is 1. The minimum absolute atomic E-state index is 0.0459. The molecule has 0 spiro atoms. The number of urea groups is 1. The zero-order chi connectivity index (χ0) is 17.5. The summed E-state index contributed by atoms with van der Waals surface area (Å²) in [5.41, 5.74) is 0.620. The molecule has 2 rings (SSSR count). The van der Waals surface area contributed by atoms with Gasteiger partial charge in [-0.2, -0.15) is 0 Å². The molecule has 1 atom stereocenters. The van der Waals surface area contributed by atoms with Gasteiger partial charge in [0.05, 0.1) is 26.0 Å². The molecule has 0 aliphatic heterocycles. The fourth-order valence-electron chi connectivity index (χ4n) is 2.10. The van der Waals surface area contributed by atoms with E-state index < -0.39 is 18.0 Å². The molecule has 2 aromatic rings. The highest BCUT2D eigenvalue weighted by atomic mass is 19.1. The Morgan fingerprint density at radius 1 is 1.17 bits per heavy atom. The van der Waals surface area contributed by atoms with Crippen LogP contribution in [0.1, 0.15) is 11.7 Å². The topological polar surface area (TPSA) is 79.8 Å². The second kappa shape index (κ2) is 8.16. The van der Waals surface area contributed by atoms with Crippen LogP contribution in [-0.4, -0.2) is 31.9 Å². The van der Waals surface area contributed by atoms with Crippen molar-refractivity contribution in [2.24, 2.45) is 0 Å². The molecule has 0 heterocycles. The predicted octanol–water partition coefficient (Wildman–Crippen LogP) is 2.70. The van der Waals surface area contributed by atoms with Crippen LogP contribution in [0.3, 0.4) is 0 Å². The average molecular weight is 334 g/mol. The molecule has 0 radical (unpaired) electrons. The van der Waals surface area contributed by atoms with Crippen molar-refractivity contribution in [2.75, 3.05) is 26.1 Å². The molecule has 2 aromatic carbocycles. The first-order chi connectivity index (χ1) is 11.5.